The van der Waals surface area contributed by atoms with Crippen LogP contribution in [0.1, 0.15) is 76.2 Å². The first-order valence-electron chi connectivity index (χ1n) is 12.2. The Morgan fingerprint density at radius 1 is 1.12 bits per heavy atom. The maximum atomic E-state index is 13.0. The number of hydrogen-bond donors (Lipinski definition) is 3. The van der Waals surface area contributed by atoms with Crippen molar-refractivity contribution in [2.45, 2.75) is 89.2 Å². The number of aliphatic hydroxyl groups excluding tert-OH is 2. The summed E-state index contributed by atoms with van der Waals surface area (Å²) in [6.45, 7) is 1.41. The number of benzene rings is 1. The Morgan fingerprint density at radius 3 is 2.78 bits per heavy atom. The van der Waals surface area contributed by atoms with Crippen molar-refractivity contribution in [2.24, 2.45) is 0 Å². The highest BCUT2D eigenvalue weighted by molar-refractivity contribution is 5.94. The second-order valence-electron chi connectivity index (χ2n) is 9.02. The third-order valence-corrected chi connectivity index (χ3v) is 6.46. The zero-order valence-corrected chi connectivity index (χ0v) is 19.1. The first-order chi connectivity index (χ1) is 15.6. The highest BCUT2D eigenvalue weighted by Gasteiger charge is 2.28. The number of amides is 2. The molecular formula is C25H38N2O5. The number of fused-ring (bicyclic) bond motifs is 1. The van der Waals surface area contributed by atoms with Crippen LogP contribution >= 0.6 is 0 Å². The monoisotopic (exact) mass is 446 g/mol. The maximum absolute atomic E-state index is 13.0. The van der Waals surface area contributed by atoms with Gasteiger partial charge in [0.15, 0.2) is 0 Å². The number of hydrogen-bond acceptors (Lipinski definition) is 5. The number of aliphatic hydroxyl groups is 2. The molecule has 0 saturated heterocycles. The summed E-state index contributed by atoms with van der Waals surface area (Å²) in [5.41, 5.74) is 1.94. The molecule has 1 fully saturated rings. The van der Waals surface area contributed by atoms with Crippen LogP contribution in [-0.4, -0.2) is 58.8 Å². The molecule has 32 heavy (non-hydrogen) atoms. The minimum atomic E-state index is -0.310. The number of carbonyl (C=O) groups is 2. The van der Waals surface area contributed by atoms with Gasteiger partial charge in [-0.2, -0.15) is 0 Å². The number of nitrogens with one attached hydrogen (secondary N) is 1. The summed E-state index contributed by atoms with van der Waals surface area (Å²) >= 11 is 0. The van der Waals surface area contributed by atoms with E-state index >= 15 is 0 Å². The third-order valence-electron chi connectivity index (χ3n) is 6.46. The van der Waals surface area contributed by atoms with Crippen LogP contribution in [0.15, 0.2) is 18.2 Å². The molecule has 1 aliphatic heterocycles. The van der Waals surface area contributed by atoms with Gasteiger partial charge in [-0.3, -0.25) is 9.59 Å². The lowest BCUT2D eigenvalue weighted by atomic mass is 9.91. The van der Waals surface area contributed by atoms with Crippen molar-refractivity contribution in [1.29, 1.82) is 0 Å². The Kier molecular flexibility index (Phi) is 9.81. The van der Waals surface area contributed by atoms with Crippen LogP contribution in [0, 0.1) is 0 Å². The minimum absolute atomic E-state index is 0.0492. The highest BCUT2D eigenvalue weighted by Crippen LogP contribution is 2.27. The molecule has 0 bridgehead atoms. The smallest absolute Gasteiger partial charge is 0.224 e. The molecule has 0 radical (unpaired) electrons. The summed E-state index contributed by atoms with van der Waals surface area (Å²) in [5.74, 6) is 0.958. The van der Waals surface area contributed by atoms with Crippen LogP contribution < -0.4 is 10.1 Å². The SMILES string of the molecule is O=C1CCc2cc(OCCCC(=O)N(CCCCCCO)C3CCCC(O)C3)ccc2N1. The molecule has 1 saturated carbocycles. The van der Waals surface area contributed by atoms with Gasteiger partial charge in [-0.25, -0.2) is 0 Å². The van der Waals surface area contributed by atoms with Gasteiger partial charge in [-0.05, 0) is 75.1 Å². The van der Waals surface area contributed by atoms with Gasteiger partial charge in [0.05, 0.1) is 12.7 Å². The molecule has 1 aromatic rings. The quantitative estimate of drug-likeness (QED) is 0.427. The maximum Gasteiger partial charge on any atom is 0.224 e. The molecule has 2 atom stereocenters. The summed E-state index contributed by atoms with van der Waals surface area (Å²) in [5, 5.41) is 21.9. The lowest BCUT2D eigenvalue weighted by Gasteiger charge is -2.36. The van der Waals surface area contributed by atoms with Crippen LogP contribution in [-0.2, 0) is 16.0 Å². The molecule has 7 nitrogen and oxygen atoms in total. The van der Waals surface area contributed by atoms with Crippen molar-refractivity contribution in [3.8, 4) is 5.75 Å². The summed E-state index contributed by atoms with van der Waals surface area (Å²) in [6.07, 6.45) is 9.12. The average Bonchev–Trinajstić information content (AvgIpc) is 2.79. The highest BCUT2D eigenvalue weighted by atomic mass is 16.5. The largest absolute Gasteiger partial charge is 0.494 e. The predicted molar refractivity (Wildman–Crippen MR) is 124 cm³/mol. The van der Waals surface area contributed by atoms with Gasteiger partial charge in [0.1, 0.15) is 5.75 Å². The summed E-state index contributed by atoms with van der Waals surface area (Å²) < 4.78 is 5.87. The Hall–Kier alpha value is -2.12. The first-order valence-corrected chi connectivity index (χ1v) is 12.2. The molecular weight excluding hydrogens is 408 g/mol. The summed E-state index contributed by atoms with van der Waals surface area (Å²) in [4.78, 5) is 26.5. The van der Waals surface area contributed by atoms with Gasteiger partial charge in [0, 0.05) is 37.7 Å². The van der Waals surface area contributed by atoms with Crippen LogP contribution in [0.3, 0.4) is 0 Å². The van der Waals surface area contributed by atoms with Crippen molar-refractivity contribution in [3.05, 3.63) is 23.8 Å². The van der Waals surface area contributed by atoms with E-state index < -0.39 is 0 Å². The molecule has 2 unspecified atom stereocenters. The predicted octanol–water partition coefficient (Wildman–Crippen LogP) is 3.42. The van der Waals surface area contributed by atoms with Gasteiger partial charge >= 0.3 is 0 Å². The van der Waals surface area contributed by atoms with Crippen molar-refractivity contribution >= 4 is 17.5 Å². The number of nitrogens with zero attached hydrogens (tertiary/aromatic N) is 1. The van der Waals surface area contributed by atoms with Gasteiger partial charge in [0.2, 0.25) is 11.8 Å². The van der Waals surface area contributed by atoms with Crippen molar-refractivity contribution in [2.75, 3.05) is 25.1 Å². The van der Waals surface area contributed by atoms with Gasteiger partial charge in [-0.1, -0.05) is 12.8 Å². The van der Waals surface area contributed by atoms with E-state index in [1.165, 1.54) is 0 Å². The van der Waals surface area contributed by atoms with Gasteiger partial charge < -0.3 is 25.2 Å². The van der Waals surface area contributed by atoms with E-state index in [1.54, 1.807) is 0 Å². The van der Waals surface area contributed by atoms with Crippen molar-refractivity contribution < 1.29 is 24.5 Å². The molecule has 1 aliphatic carbocycles. The molecule has 3 rings (SSSR count). The average molecular weight is 447 g/mol. The van der Waals surface area contributed by atoms with E-state index in [0.29, 0.717) is 32.3 Å². The number of rotatable bonds is 12. The Morgan fingerprint density at radius 2 is 1.97 bits per heavy atom. The van der Waals surface area contributed by atoms with Crippen molar-refractivity contribution in [1.82, 2.24) is 4.90 Å². The molecule has 2 amide bonds. The third kappa shape index (κ3) is 7.48. The number of ether oxygens (including phenoxy) is 1. The number of carbonyl (C=O) groups excluding carboxylic acids is 2. The van der Waals surface area contributed by atoms with E-state index in [2.05, 4.69) is 5.32 Å². The summed E-state index contributed by atoms with van der Waals surface area (Å²) in [7, 11) is 0. The van der Waals surface area contributed by atoms with Crippen LogP contribution in [0.2, 0.25) is 0 Å². The van der Waals surface area contributed by atoms with Crippen molar-refractivity contribution in [3.63, 3.8) is 0 Å². The van der Waals surface area contributed by atoms with Crippen LogP contribution in [0.25, 0.3) is 0 Å². The van der Waals surface area contributed by atoms with E-state index in [9.17, 15) is 14.7 Å². The molecule has 2 aliphatic rings. The van der Waals surface area contributed by atoms with Crippen LogP contribution in [0.5, 0.6) is 5.75 Å². The molecule has 1 aromatic carbocycles. The molecule has 3 N–H and O–H groups in total. The Labute approximate surface area is 191 Å². The summed E-state index contributed by atoms with van der Waals surface area (Å²) in [6, 6.07) is 5.83. The van der Waals surface area contributed by atoms with E-state index in [4.69, 9.17) is 9.84 Å². The van der Waals surface area contributed by atoms with E-state index in [1.807, 2.05) is 23.1 Å². The lowest BCUT2D eigenvalue weighted by Crippen LogP contribution is -2.44. The number of anilines is 1. The molecule has 178 valence electrons. The van der Waals surface area contributed by atoms with Gasteiger partial charge in [-0.15, -0.1) is 0 Å². The molecule has 7 heteroatoms. The zero-order valence-electron chi connectivity index (χ0n) is 19.1. The van der Waals surface area contributed by atoms with Gasteiger partial charge in [0.25, 0.3) is 0 Å². The van der Waals surface area contributed by atoms with Crippen LogP contribution in [0.4, 0.5) is 5.69 Å². The fourth-order valence-electron chi connectivity index (χ4n) is 4.69. The second kappa shape index (κ2) is 12.8. The van der Waals surface area contributed by atoms with E-state index in [-0.39, 0.29) is 30.6 Å². The van der Waals surface area contributed by atoms with E-state index in [0.717, 1.165) is 74.9 Å². The molecule has 1 heterocycles. The standard InChI is InChI=1S/C25H38N2O5/c28-15-4-2-1-3-14-27(20-7-5-8-21(29)18-20)25(31)9-6-16-32-22-11-12-23-19(17-22)10-13-24(30)26-23/h11-12,17,20-21,28-29H,1-10,13-16,18H2,(H,26,30). The fourth-order valence-corrected chi connectivity index (χ4v) is 4.69. The first kappa shape index (κ1) is 24.5. The zero-order chi connectivity index (χ0) is 22.8. The number of unbranched alkanes of at least 4 members (excludes halogenated alkanes) is 3. The lowest BCUT2D eigenvalue weighted by molar-refractivity contribution is -0.135. The Balaban J connectivity index is 1.45. The topological polar surface area (TPSA) is 99.1 Å². The minimum Gasteiger partial charge on any atom is -0.494 e. The molecule has 0 aromatic heterocycles. The fraction of sp³-hybridized carbons (Fsp3) is 0.680. The second-order valence-corrected chi connectivity index (χ2v) is 9.02. The normalized spacial score (nSPS) is 20.4. The molecule has 0 spiro atoms. The number of aryl methyl sites for hydroxylation is 1. The Bertz CT molecular complexity index is 754.